The third kappa shape index (κ3) is 18.9. The van der Waals surface area contributed by atoms with Crippen molar-refractivity contribution in [3.63, 3.8) is 0 Å². The van der Waals surface area contributed by atoms with E-state index in [4.69, 9.17) is 74.3 Å². The van der Waals surface area contributed by atoms with E-state index in [2.05, 4.69) is 94.6 Å². The number of amides is 3. The van der Waals surface area contributed by atoms with Crippen LogP contribution >= 0.6 is 69.6 Å². The van der Waals surface area contributed by atoms with E-state index >= 15 is 0 Å². The first-order valence-electron chi connectivity index (χ1n) is 28.2. The molecule has 0 spiro atoms. The van der Waals surface area contributed by atoms with Crippen LogP contribution in [0.5, 0.6) is 0 Å². The second kappa shape index (κ2) is 29.7. The Bertz CT molecular complexity index is 3020. The van der Waals surface area contributed by atoms with Gasteiger partial charge in [-0.1, -0.05) is 125 Å². The molecule has 6 aromatic rings. The van der Waals surface area contributed by atoms with Gasteiger partial charge in [-0.05, 0) is 136 Å². The van der Waals surface area contributed by atoms with Gasteiger partial charge in [0, 0.05) is 56.6 Å². The molecule has 1 heterocycles. The minimum absolute atomic E-state index is 0.247. The van der Waals surface area contributed by atoms with Crippen LogP contribution < -0.4 is 16.0 Å². The van der Waals surface area contributed by atoms with Crippen LogP contribution in [0.2, 0.25) is 30.1 Å². The summed E-state index contributed by atoms with van der Waals surface area (Å²) in [4.78, 5) is 37.4. The van der Waals surface area contributed by atoms with Gasteiger partial charge in [-0.15, -0.1) is 0 Å². The Morgan fingerprint density at radius 1 is 0.407 bits per heavy atom. The van der Waals surface area contributed by atoms with E-state index in [-0.39, 0.29) is 17.7 Å². The Morgan fingerprint density at radius 3 is 1.20 bits per heavy atom. The number of halogens is 6. The third-order valence-electron chi connectivity index (χ3n) is 16.2. The molecule has 3 N–H and O–H groups in total. The van der Waals surface area contributed by atoms with E-state index in [1.807, 2.05) is 36.4 Å². The average Bonchev–Trinajstić information content (AvgIpc) is 3.46. The summed E-state index contributed by atoms with van der Waals surface area (Å²) < 4.78 is 8.45. The van der Waals surface area contributed by atoms with Gasteiger partial charge >= 0.3 is 0 Å². The molecule has 1 saturated heterocycles. The number of carbonyl (C=O) groups is 3. The van der Waals surface area contributed by atoms with Crippen molar-refractivity contribution in [3.8, 4) is 0 Å². The van der Waals surface area contributed by atoms with Crippen LogP contribution in [-0.2, 0) is 24.4 Å². The summed E-state index contributed by atoms with van der Waals surface area (Å²) in [5, 5.41) is 11.1. The zero-order chi connectivity index (χ0) is 58.3. The lowest BCUT2D eigenvalue weighted by Crippen LogP contribution is -2.50. The molecule has 3 fully saturated rings. The molecule has 81 heavy (non-hydrogen) atoms. The standard InChI is InChI=1S/2C22H26Cl2N2O.C21H24Cl2N2O2/c1-26(2,18-7-4-3-5-8-18)15-16-11-13-17(14-12-16)25-22(27)21-19(23)9-6-10-20(21)24;1-26(2,19-6-4-3-5-7-19)15-16-8-11-18(12-9-16)25-22(27)20-14-17(23)10-13-21(20)24;1-25(2,18-9-11-27-12-10-18)14-15-3-6-17(7-4-15)24-21(26)19-8-5-16(22)13-20(19)23/h6,9-14,18H,3-5,7-8,15H2,1-2H3;8-14,19H,3-7,15H2,1-2H3;3-8,13,18H,9-12,14H2,1-2H3/p+3. The van der Waals surface area contributed by atoms with E-state index < -0.39 is 0 Å². The number of quaternary nitrogens is 3. The summed E-state index contributed by atoms with van der Waals surface area (Å²) in [6.45, 7) is 4.64. The number of ether oxygens (including phenoxy) is 1. The van der Waals surface area contributed by atoms with E-state index in [1.165, 1.54) is 80.9 Å². The smallest absolute Gasteiger partial charge is 0.258 e. The third-order valence-corrected chi connectivity index (χ3v) is 18.0. The lowest BCUT2D eigenvalue weighted by Gasteiger charge is -2.40. The summed E-state index contributed by atoms with van der Waals surface area (Å²) in [6, 6.07) is 41.0. The first-order chi connectivity index (χ1) is 38.6. The first-order valence-corrected chi connectivity index (χ1v) is 30.4. The van der Waals surface area contributed by atoms with Crippen LogP contribution in [-0.4, -0.2) is 105 Å². The van der Waals surface area contributed by atoms with Gasteiger partial charge in [-0.25, -0.2) is 0 Å². The highest BCUT2D eigenvalue weighted by molar-refractivity contribution is 6.40. The maximum Gasteiger partial charge on any atom is 0.258 e. The van der Waals surface area contributed by atoms with Gasteiger partial charge in [0.05, 0.1) is 110 Å². The van der Waals surface area contributed by atoms with Crippen LogP contribution in [0.3, 0.4) is 0 Å². The monoisotopic (exact) mass is 1220 g/mol. The molecule has 3 amide bonds. The molecular formula is C65H79Cl6N6O4+3. The van der Waals surface area contributed by atoms with E-state index in [0.29, 0.717) is 52.9 Å². The summed E-state index contributed by atoms with van der Waals surface area (Å²) in [6.07, 6.45) is 15.6. The SMILES string of the molecule is C[N+](C)(Cc1ccc(NC(=O)c2c(Cl)cccc2Cl)cc1)C1CCCCC1.C[N+](C)(Cc1ccc(NC(=O)c2cc(Cl)ccc2Cl)cc1)C1CCCCC1.C[N+](C)(Cc1ccc(NC(=O)c2ccc(Cl)cc2Cl)cc1)C1CCOCC1. The lowest BCUT2D eigenvalue weighted by molar-refractivity contribution is -0.929. The zero-order valence-corrected chi connectivity index (χ0v) is 52.2. The highest BCUT2D eigenvalue weighted by Crippen LogP contribution is 2.32. The molecule has 432 valence electrons. The zero-order valence-electron chi connectivity index (χ0n) is 47.6. The van der Waals surface area contributed by atoms with Crippen LogP contribution in [0.25, 0.3) is 0 Å². The summed E-state index contributed by atoms with van der Waals surface area (Å²) >= 11 is 36.3. The maximum atomic E-state index is 12.5. The highest BCUT2D eigenvalue weighted by atomic mass is 35.5. The molecule has 0 bridgehead atoms. The van der Waals surface area contributed by atoms with Crippen molar-refractivity contribution in [2.24, 2.45) is 0 Å². The number of benzene rings is 6. The minimum Gasteiger partial charge on any atom is -0.381 e. The Kier molecular flexibility index (Phi) is 23.4. The lowest BCUT2D eigenvalue weighted by atomic mass is 9.92. The molecule has 0 unspecified atom stereocenters. The second-order valence-electron chi connectivity index (χ2n) is 23.5. The second-order valence-corrected chi connectivity index (χ2v) is 26.0. The Hall–Kier alpha value is -4.69. The van der Waals surface area contributed by atoms with Crippen molar-refractivity contribution in [2.45, 2.75) is 115 Å². The number of hydrogen-bond acceptors (Lipinski definition) is 4. The Balaban J connectivity index is 0.000000175. The average molecular weight is 1220 g/mol. The normalized spacial score (nSPS) is 15.6. The number of carbonyl (C=O) groups excluding carboxylic acids is 3. The van der Waals surface area contributed by atoms with Gasteiger partial charge in [0.25, 0.3) is 17.7 Å². The van der Waals surface area contributed by atoms with Crippen molar-refractivity contribution in [1.29, 1.82) is 0 Å². The molecule has 6 aromatic carbocycles. The summed E-state index contributed by atoms with van der Waals surface area (Å²) in [5.74, 6) is -0.798. The highest BCUT2D eigenvalue weighted by Gasteiger charge is 2.32. The molecule has 0 atom stereocenters. The molecule has 9 rings (SSSR count). The minimum atomic E-state index is -0.295. The fraction of sp³-hybridized carbons (Fsp3) is 0.400. The van der Waals surface area contributed by atoms with Crippen molar-refractivity contribution in [3.05, 3.63) is 191 Å². The van der Waals surface area contributed by atoms with Gasteiger partial charge in [-0.2, -0.15) is 0 Å². The number of hydrogen-bond donors (Lipinski definition) is 3. The first kappa shape index (κ1) is 63.9. The molecule has 0 aromatic heterocycles. The molecular weight excluding hydrogens is 1140 g/mol. The predicted molar refractivity (Wildman–Crippen MR) is 338 cm³/mol. The van der Waals surface area contributed by atoms with Crippen molar-refractivity contribution in [2.75, 3.05) is 71.5 Å². The van der Waals surface area contributed by atoms with Crippen LogP contribution in [0.15, 0.2) is 127 Å². The summed E-state index contributed by atoms with van der Waals surface area (Å²) in [5.41, 5.74) is 7.13. The Labute approximate surface area is 510 Å². The van der Waals surface area contributed by atoms with E-state index in [9.17, 15) is 14.4 Å². The molecule has 3 aliphatic rings. The van der Waals surface area contributed by atoms with Gasteiger partial charge in [0.1, 0.15) is 19.6 Å². The maximum absolute atomic E-state index is 12.5. The molecule has 10 nitrogen and oxygen atoms in total. The van der Waals surface area contributed by atoms with Gasteiger partial charge in [-0.3, -0.25) is 14.4 Å². The largest absolute Gasteiger partial charge is 0.381 e. The molecule has 2 saturated carbocycles. The number of nitrogens with zero attached hydrogens (tertiary/aromatic N) is 3. The Morgan fingerprint density at radius 2 is 0.778 bits per heavy atom. The fourth-order valence-corrected chi connectivity index (χ4v) is 12.9. The van der Waals surface area contributed by atoms with Crippen molar-refractivity contribution < 1.29 is 32.6 Å². The van der Waals surface area contributed by atoms with Crippen molar-refractivity contribution in [1.82, 2.24) is 0 Å². The molecule has 16 heteroatoms. The van der Waals surface area contributed by atoms with Crippen molar-refractivity contribution >= 4 is 104 Å². The molecule has 2 aliphatic carbocycles. The topological polar surface area (TPSA) is 96.5 Å². The summed E-state index contributed by atoms with van der Waals surface area (Å²) in [7, 11) is 13.8. The van der Waals surface area contributed by atoms with Gasteiger partial charge in [0.2, 0.25) is 0 Å². The number of rotatable bonds is 15. The van der Waals surface area contributed by atoms with Crippen LogP contribution in [0.1, 0.15) is 125 Å². The predicted octanol–water partition coefficient (Wildman–Crippen LogP) is 17.3. The van der Waals surface area contributed by atoms with Crippen LogP contribution in [0.4, 0.5) is 17.1 Å². The quantitative estimate of drug-likeness (QED) is 0.0893. The molecule has 0 radical (unpaired) electrons. The van der Waals surface area contributed by atoms with Crippen LogP contribution in [0, 0.1) is 0 Å². The molecule has 1 aliphatic heterocycles. The van der Waals surface area contributed by atoms with Gasteiger partial charge < -0.3 is 34.1 Å². The number of anilines is 3. The van der Waals surface area contributed by atoms with E-state index in [1.54, 1.807) is 54.6 Å². The number of nitrogens with one attached hydrogen (secondary N) is 3. The van der Waals surface area contributed by atoms with Gasteiger partial charge in [0.15, 0.2) is 0 Å². The fourth-order valence-electron chi connectivity index (χ4n) is 11.5. The van der Waals surface area contributed by atoms with E-state index in [0.717, 1.165) is 88.3 Å².